The van der Waals surface area contributed by atoms with Gasteiger partial charge < -0.3 is 14.7 Å². The Balaban J connectivity index is 1.42. The summed E-state index contributed by atoms with van der Waals surface area (Å²) in [6.45, 7) is 0.787. The van der Waals surface area contributed by atoms with Crippen molar-refractivity contribution < 1.29 is 19.4 Å². The highest BCUT2D eigenvalue weighted by atomic mass is 16.5. The molecule has 3 aromatic rings. The second kappa shape index (κ2) is 7.11. The number of nitrogens with zero attached hydrogens (tertiary/aromatic N) is 1. The second-order valence-corrected chi connectivity index (χ2v) is 6.59. The fourth-order valence-corrected chi connectivity index (χ4v) is 3.42. The molecule has 27 heavy (non-hydrogen) atoms. The molecule has 0 saturated heterocycles. The van der Waals surface area contributed by atoms with Crippen LogP contribution in [0.3, 0.4) is 0 Å². The molecule has 4 rings (SSSR count). The second-order valence-electron chi connectivity index (χ2n) is 6.59. The van der Waals surface area contributed by atoms with E-state index < -0.39 is 5.97 Å². The molecular formula is C22H19NO4. The van der Waals surface area contributed by atoms with Crippen molar-refractivity contribution in [1.29, 1.82) is 0 Å². The van der Waals surface area contributed by atoms with Crippen molar-refractivity contribution in [1.82, 2.24) is 4.90 Å². The summed E-state index contributed by atoms with van der Waals surface area (Å²) in [5.41, 5.74) is 2.43. The molecule has 0 unspecified atom stereocenters. The number of amides is 1. The number of benzene rings is 3. The molecule has 0 fully saturated rings. The normalized spacial score (nSPS) is 13.3. The summed E-state index contributed by atoms with van der Waals surface area (Å²) in [6.07, 6.45) is 0.793. The Labute approximate surface area is 156 Å². The van der Waals surface area contributed by atoms with Crippen LogP contribution in [0.25, 0.3) is 10.8 Å². The minimum absolute atomic E-state index is 0.0606. The van der Waals surface area contributed by atoms with Crippen LogP contribution in [0.5, 0.6) is 5.75 Å². The molecule has 136 valence electrons. The van der Waals surface area contributed by atoms with Crippen molar-refractivity contribution in [3.63, 3.8) is 0 Å². The first kappa shape index (κ1) is 17.1. The lowest BCUT2D eigenvalue weighted by atomic mass is 10.00. The van der Waals surface area contributed by atoms with Gasteiger partial charge in [-0.1, -0.05) is 54.6 Å². The van der Waals surface area contributed by atoms with Crippen molar-refractivity contribution in [2.75, 3.05) is 13.2 Å². The predicted molar refractivity (Wildman–Crippen MR) is 101 cm³/mol. The van der Waals surface area contributed by atoms with Gasteiger partial charge in [0.25, 0.3) is 5.91 Å². The summed E-state index contributed by atoms with van der Waals surface area (Å²) in [4.78, 5) is 26.5. The van der Waals surface area contributed by atoms with Crippen molar-refractivity contribution in [3.8, 4) is 5.75 Å². The number of hydrogen-bond acceptors (Lipinski definition) is 4. The molecule has 1 heterocycles. The molecule has 1 aliphatic rings. The smallest absolute Gasteiger partial charge is 0.342 e. The Hall–Kier alpha value is -3.34. The number of phenolic OH excluding ortho intramolecular Hbond substituents is 1. The van der Waals surface area contributed by atoms with E-state index in [1.807, 2.05) is 30.3 Å². The number of aromatic hydroxyl groups is 1. The van der Waals surface area contributed by atoms with Crippen molar-refractivity contribution >= 4 is 22.6 Å². The minimum atomic E-state index is -0.705. The van der Waals surface area contributed by atoms with E-state index in [2.05, 4.69) is 6.07 Å². The number of carbonyl (C=O) groups is 2. The van der Waals surface area contributed by atoms with E-state index in [0.29, 0.717) is 18.5 Å². The lowest BCUT2D eigenvalue weighted by Gasteiger charge is -2.28. The topological polar surface area (TPSA) is 66.8 Å². The van der Waals surface area contributed by atoms with Gasteiger partial charge in [-0.2, -0.15) is 0 Å². The fraction of sp³-hybridized carbons (Fsp3) is 0.182. The largest absolute Gasteiger partial charge is 0.506 e. The standard InChI is InChI=1S/C22H19NO4/c24-20(23-12-11-15-5-1-2-7-17(15)13-23)14-27-22(26)19-10-9-16-6-3-4-8-18(16)21(19)25/h1-10,25H,11-14H2. The highest BCUT2D eigenvalue weighted by Gasteiger charge is 2.22. The molecule has 0 spiro atoms. The number of ether oxygens (including phenoxy) is 1. The van der Waals surface area contributed by atoms with Crippen molar-refractivity contribution in [2.24, 2.45) is 0 Å². The van der Waals surface area contributed by atoms with Gasteiger partial charge in [0.15, 0.2) is 6.61 Å². The van der Waals surface area contributed by atoms with Gasteiger partial charge >= 0.3 is 5.97 Å². The third-order valence-electron chi connectivity index (χ3n) is 4.93. The molecule has 0 radical (unpaired) electrons. The number of rotatable bonds is 3. The van der Waals surface area contributed by atoms with Crippen LogP contribution in [-0.2, 0) is 22.5 Å². The van der Waals surface area contributed by atoms with Crippen LogP contribution in [0.15, 0.2) is 60.7 Å². The SMILES string of the molecule is O=C(OCC(=O)N1CCc2ccccc2C1)c1ccc2ccccc2c1O. The van der Waals surface area contributed by atoms with E-state index in [-0.39, 0.29) is 23.8 Å². The predicted octanol–water partition coefficient (Wildman–Crippen LogP) is 3.29. The maximum atomic E-state index is 12.4. The fourth-order valence-electron chi connectivity index (χ4n) is 3.42. The Morgan fingerprint density at radius 3 is 2.56 bits per heavy atom. The van der Waals surface area contributed by atoms with Gasteiger partial charge in [0.05, 0.1) is 0 Å². The van der Waals surface area contributed by atoms with E-state index in [1.54, 1.807) is 23.1 Å². The first-order chi connectivity index (χ1) is 13.1. The summed E-state index contributed by atoms with van der Waals surface area (Å²) in [5, 5.41) is 11.8. The van der Waals surface area contributed by atoms with Gasteiger partial charge in [0.2, 0.25) is 0 Å². The first-order valence-corrected chi connectivity index (χ1v) is 8.86. The van der Waals surface area contributed by atoms with Crippen molar-refractivity contribution in [2.45, 2.75) is 13.0 Å². The van der Waals surface area contributed by atoms with Crippen LogP contribution in [0, 0.1) is 0 Å². The number of phenols is 1. The number of hydrogen-bond donors (Lipinski definition) is 1. The van der Waals surface area contributed by atoms with Crippen LogP contribution < -0.4 is 0 Å². The Bertz CT molecular complexity index is 1030. The van der Waals surface area contributed by atoms with E-state index in [4.69, 9.17) is 4.74 Å². The Kier molecular flexibility index (Phi) is 4.50. The molecule has 5 nitrogen and oxygen atoms in total. The number of fused-ring (bicyclic) bond motifs is 2. The van der Waals surface area contributed by atoms with Gasteiger partial charge in [-0.05, 0) is 29.0 Å². The first-order valence-electron chi connectivity index (χ1n) is 8.86. The van der Waals surface area contributed by atoms with E-state index in [1.165, 1.54) is 11.6 Å². The minimum Gasteiger partial charge on any atom is -0.506 e. The van der Waals surface area contributed by atoms with Gasteiger partial charge in [-0.3, -0.25) is 4.79 Å². The van der Waals surface area contributed by atoms with Gasteiger partial charge in [0, 0.05) is 18.5 Å². The average molecular weight is 361 g/mol. The molecule has 1 N–H and O–H groups in total. The summed E-state index contributed by atoms with van der Waals surface area (Å²) < 4.78 is 5.17. The summed E-state index contributed by atoms with van der Waals surface area (Å²) >= 11 is 0. The number of esters is 1. The van der Waals surface area contributed by atoms with E-state index in [0.717, 1.165) is 17.4 Å². The van der Waals surface area contributed by atoms with Crippen LogP contribution in [0.4, 0.5) is 0 Å². The van der Waals surface area contributed by atoms with E-state index >= 15 is 0 Å². The zero-order chi connectivity index (χ0) is 18.8. The lowest BCUT2D eigenvalue weighted by Crippen LogP contribution is -2.38. The average Bonchev–Trinajstić information content (AvgIpc) is 2.72. The van der Waals surface area contributed by atoms with Gasteiger partial charge in [-0.15, -0.1) is 0 Å². The van der Waals surface area contributed by atoms with Crippen LogP contribution >= 0.6 is 0 Å². The van der Waals surface area contributed by atoms with Crippen molar-refractivity contribution in [3.05, 3.63) is 77.4 Å². The quantitative estimate of drug-likeness (QED) is 0.727. The molecule has 1 amide bonds. The summed E-state index contributed by atoms with van der Waals surface area (Å²) in [6, 6.07) is 18.5. The summed E-state index contributed by atoms with van der Waals surface area (Å²) in [7, 11) is 0. The zero-order valence-electron chi connectivity index (χ0n) is 14.7. The molecule has 0 saturated carbocycles. The third-order valence-corrected chi connectivity index (χ3v) is 4.93. The summed E-state index contributed by atoms with van der Waals surface area (Å²) in [5.74, 6) is -1.07. The maximum absolute atomic E-state index is 12.4. The monoisotopic (exact) mass is 361 g/mol. The zero-order valence-corrected chi connectivity index (χ0v) is 14.7. The molecule has 0 bridgehead atoms. The molecule has 0 aromatic heterocycles. The maximum Gasteiger partial charge on any atom is 0.342 e. The molecule has 5 heteroatoms. The lowest BCUT2D eigenvalue weighted by molar-refractivity contribution is -0.135. The molecule has 3 aromatic carbocycles. The Morgan fingerprint density at radius 2 is 1.70 bits per heavy atom. The third kappa shape index (κ3) is 3.36. The number of carbonyl (C=O) groups excluding carboxylic acids is 2. The highest BCUT2D eigenvalue weighted by Crippen LogP contribution is 2.29. The molecular weight excluding hydrogens is 342 g/mol. The van der Waals surface area contributed by atoms with Gasteiger partial charge in [0.1, 0.15) is 11.3 Å². The van der Waals surface area contributed by atoms with E-state index in [9.17, 15) is 14.7 Å². The molecule has 0 atom stereocenters. The molecule has 1 aliphatic heterocycles. The van der Waals surface area contributed by atoms with Crippen LogP contribution in [0.1, 0.15) is 21.5 Å². The van der Waals surface area contributed by atoms with Gasteiger partial charge in [-0.25, -0.2) is 4.79 Å². The Morgan fingerprint density at radius 1 is 0.963 bits per heavy atom. The van der Waals surface area contributed by atoms with Crippen LogP contribution in [-0.4, -0.2) is 35.0 Å². The highest BCUT2D eigenvalue weighted by molar-refractivity contribution is 6.01. The molecule has 0 aliphatic carbocycles. The van der Waals surface area contributed by atoms with Crippen LogP contribution in [0.2, 0.25) is 0 Å².